The average Bonchev–Trinajstić information content (AvgIpc) is 2.43. The van der Waals surface area contributed by atoms with Crippen molar-refractivity contribution in [2.75, 3.05) is 11.6 Å². The van der Waals surface area contributed by atoms with Crippen molar-refractivity contribution in [3.05, 3.63) is 58.3 Å². The second-order valence-electron chi connectivity index (χ2n) is 4.27. The Kier molecular flexibility index (Phi) is 4.88. The van der Waals surface area contributed by atoms with E-state index in [4.69, 9.17) is 0 Å². The minimum atomic E-state index is -0.255. The van der Waals surface area contributed by atoms with E-state index in [-0.39, 0.29) is 11.9 Å². The first kappa shape index (κ1) is 14.4. The van der Waals surface area contributed by atoms with Crippen LogP contribution in [0.5, 0.6) is 0 Å². The molecular formula is C15H15BrFNS. The Morgan fingerprint density at radius 3 is 2.42 bits per heavy atom. The van der Waals surface area contributed by atoms with Gasteiger partial charge in [-0.2, -0.15) is 0 Å². The largest absolute Gasteiger partial charge is 0.378 e. The second kappa shape index (κ2) is 6.44. The molecule has 2 rings (SSSR count). The maximum Gasteiger partial charge on any atom is 0.139 e. The molecular weight excluding hydrogens is 325 g/mol. The molecule has 0 spiro atoms. The molecule has 1 unspecified atom stereocenters. The Morgan fingerprint density at radius 1 is 1.16 bits per heavy atom. The van der Waals surface area contributed by atoms with Crippen LogP contribution in [0.3, 0.4) is 0 Å². The standard InChI is InChI=1S/C15H15BrFNS/c1-10(11-3-6-13(19-2)7-4-11)18-12-5-8-14(16)15(17)9-12/h3-10,18H,1-2H3. The number of hydrogen-bond acceptors (Lipinski definition) is 2. The monoisotopic (exact) mass is 339 g/mol. The lowest BCUT2D eigenvalue weighted by atomic mass is 10.1. The van der Waals surface area contributed by atoms with Gasteiger partial charge >= 0.3 is 0 Å². The fourth-order valence-corrected chi connectivity index (χ4v) is 2.47. The normalized spacial score (nSPS) is 12.2. The van der Waals surface area contributed by atoms with Crippen LogP contribution < -0.4 is 5.32 Å². The average molecular weight is 340 g/mol. The van der Waals surface area contributed by atoms with Crippen molar-refractivity contribution in [3.63, 3.8) is 0 Å². The quantitative estimate of drug-likeness (QED) is 0.740. The van der Waals surface area contributed by atoms with Gasteiger partial charge in [0, 0.05) is 16.6 Å². The number of thioether (sulfide) groups is 1. The minimum absolute atomic E-state index is 0.136. The summed E-state index contributed by atoms with van der Waals surface area (Å²) in [6.45, 7) is 2.06. The number of anilines is 1. The van der Waals surface area contributed by atoms with Crippen LogP contribution in [0.1, 0.15) is 18.5 Å². The van der Waals surface area contributed by atoms with Gasteiger partial charge in [0.05, 0.1) is 4.47 Å². The van der Waals surface area contributed by atoms with Crippen molar-refractivity contribution in [1.29, 1.82) is 0 Å². The van der Waals surface area contributed by atoms with Crippen LogP contribution in [0.4, 0.5) is 10.1 Å². The van der Waals surface area contributed by atoms with Crippen molar-refractivity contribution in [3.8, 4) is 0 Å². The first-order chi connectivity index (χ1) is 9.10. The maximum atomic E-state index is 13.4. The minimum Gasteiger partial charge on any atom is -0.378 e. The van der Waals surface area contributed by atoms with Gasteiger partial charge in [0.2, 0.25) is 0 Å². The highest BCUT2D eigenvalue weighted by atomic mass is 79.9. The summed E-state index contributed by atoms with van der Waals surface area (Å²) in [5, 5.41) is 3.30. The topological polar surface area (TPSA) is 12.0 Å². The molecule has 2 aromatic carbocycles. The number of nitrogens with one attached hydrogen (secondary N) is 1. The van der Waals surface area contributed by atoms with Crippen LogP contribution in [0, 0.1) is 5.82 Å². The molecule has 0 saturated heterocycles. The zero-order valence-electron chi connectivity index (χ0n) is 10.8. The summed E-state index contributed by atoms with van der Waals surface area (Å²) in [6, 6.07) is 13.6. The van der Waals surface area contributed by atoms with Gasteiger partial charge in [-0.25, -0.2) is 4.39 Å². The van der Waals surface area contributed by atoms with E-state index in [1.165, 1.54) is 16.5 Å². The van der Waals surface area contributed by atoms with Crippen LogP contribution in [0.2, 0.25) is 0 Å². The third-order valence-electron chi connectivity index (χ3n) is 2.92. The van der Waals surface area contributed by atoms with Crippen molar-refractivity contribution in [1.82, 2.24) is 0 Å². The third-order valence-corrected chi connectivity index (χ3v) is 4.31. The van der Waals surface area contributed by atoms with E-state index in [0.717, 1.165) is 5.69 Å². The van der Waals surface area contributed by atoms with E-state index in [9.17, 15) is 4.39 Å². The van der Waals surface area contributed by atoms with Gasteiger partial charge in [-0.1, -0.05) is 12.1 Å². The predicted octanol–water partition coefficient (Wildman–Crippen LogP) is 5.48. The molecule has 1 atom stereocenters. The highest BCUT2D eigenvalue weighted by Crippen LogP contribution is 2.24. The van der Waals surface area contributed by atoms with E-state index >= 15 is 0 Å². The van der Waals surface area contributed by atoms with Crippen LogP contribution in [-0.4, -0.2) is 6.26 Å². The second-order valence-corrected chi connectivity index (χ2v) is 6.00. The highest BCUT2D eigenvalue weighted by molar-refractivity contribution is 9.10. The van der Waals surface area contributed by atoms with Gasteiger partial charge in [-0.05, 0) is 65.0 Å². The fourth-order valence-electron chi connectivity index (χ4n) is 1.81. The van der Waals surface area contributed by atoms with E-state index in [0.29, 0.717) is 4.47 Å². The molecule has 0 aliphatic heterocycles. The van der Waals surface area contributed by atoms with Gasteiger partial charge in [-0.3, -0.25) is 0 Å². The lowest BCUT2D eigenvalue weighted by Crippen LogP contribution is -2.06. The molecule has 0 fully saturated rings. The molecule has 0 radical (unpaired) electrons. The summed E-state index contributed by atoms with van der Waals surface area (Å²) in [5.74, 6) is -0.255. The number of hydrogen-bond donors (Lipinski definition) is 1. The van der Waals surface area contributed by atoms with E-state index < -0.39 is 0 Å². The highest BCUT2D eigenvalue weighted by Gasteiger charge is 2.07. The zero-order chi connectivity index (χ0) is 13.8. The molecule has 0 heterocycles. The Morgan fingerprint density at radius 2 is 1.84 bits per heavy atom. The lowest BCUT2D eigenvalue weighted by molar-refractivity contribution is 0.621. The first-order valence-corrected chi connectivity index (χ1v) is 7.97. The summed E-state index contributed by atoms with van der Waals surface area (Å²) in [4.78, 5) is 1.24. The van der Waals surface area contributed by atoms with Gasteiger partial charge in [0.25, 0.3) is 0 Å². The number of benzene rings is 2. The van der Waals surface area contributed by atoms with Crippen molar-refractivity contribution in [2.45, 2.75) is 17.9 Å². The summed E-state index contributed by atoms with van der Waals surface area (Å²) in [7, 11) is 0. The van der Waals surface area contributed by atoms with Crippen LogP contribution in [0.15, 0.2) is 51.8 Å². The van der Waals surface area contributed by atoms with Gasteiger partial charge in [-0.15, -0.1) is 11.8 Å². The molecule has 1 nitrogen and oxygen atoms in total. The summed E-state index contributed by atoms with van der Waals surface area (Å²) in [6.07, 6.45) is 2.06. The Hall–Kier alpha value is -1.00. The molecule has 0 aliphatic carbocycles. The van der Waals surface area contributed by atoms with Gasteiger partial charge < -0.3 is 5.32 Å². The Balaban J connectivity index is 2.10. The van der Waals surface area contributed by atoms with Gasteiger partial charge in [0.15, 0.2) is 0 Å². The Labute approximate surface area is 125 Å². The SMILES string of the molecule is CSc1ccc(C(C)Nc2ccc(Br)c(F)c2)cc1. The smallest absolute Gasteiger partial charge is 0.139 e. The zero-order valence-corrected chi connectivity index (χ0v) is 13.2. The molecule has 0 bridgehead atoms. The molecule has 0 aliphatic rings. The number of rotatable bonds is 4. The molecule has 0 aromatic heterocycles. The molecule has 19 heavy (non-hydrogen) atoms. The molecule has 4 heteroatoms. The molecule has 1 N–H and O–H groups in total. The molecule has 0 saturated carbocycles. The third kappa shape index (κ3) is 3.74. The van der Waals surface area contributed by atoms with E-state index in [1.807, 2.05) is 6.07 Å². The van der Waals surface area contributed by atoms with Crippen molar-refractivity contribution < 1.29 is 4.39 Å². The van der Waals surface area contributed by atoms with Crippen LogP contribution in [-0.2, 0) is 0 Å². The lowest BCUT2D eigenvalue weighted by Gasteiger charge is -2.16. The first-order valence-electron chi connectivity index (χ1n) is 5.95. The predicted molar refractivity (Wildman–Crippen MR) is 84.4 cm³/mol. The van der Waals surface area contributed by atoms with Crippen LogP contribution >= 0.6 is 27.7 Å². The Bertz CT molecular complexity index is 557. The summed E-state index contributed by atoms with van der Waals surface area (Å²) in [5.41, 5.74) is 1.96. The van der Waals surface area contributed by atoms with E-state index in [1.54, 1.807) is 17.8 Å². The molecule has 0 amide bonds. The van der Waals surface area contributed by atoms with Crippen molar-refractivity contribution >= 4 is 33.4 Å². The summed E-state index contributed by atoms with van der Waals surface area (Å²) < 4.78 is 13.9. The molecule has 100 valence electrons. The molecule has 2 aromatic rings. The van der Waals surface area contributed by atoms with E-state index in [2.05, 4.69) is 58.7 Å². The van der Waals surface area contributed by atoms with Crippen LogP contribution in [0.25, 0.3) is 0 Å². The fraction of sp³-hybridized carbons (Fsp3) is 0.200. The van der Waals surface area contributed by atoms with Gasteiger partial charge in [0.1, 0.15) is 5.82 Å². The summed E-state index contributed by atoms with van der Waals surface area (Å²) >= 11 is 4.87. The van der Waals surface area contributed by atoms with Crippen molar-refractivity contribution in [2.24, 2.45) is 0 Å². The maximum absolute atomic E-state index is 13.4. The number of halogens is 2.